The van der Waals surface area contributed by atoms with Crippen LogP contribution in [0.2, 0.25) is 0 Å². The monoisotopic (exact) mass is 547 g/mol. The lowest BCUT2D eigenvalue weighted by molar-refractivity contribution is -0.142. The van der Waals surface area contributed by atoms with Crippen LogP contribution < -0.4 is 21.3 Å². The molecule has 2 saturated carbocycles. The van der Waals surface area contributed by atoms with Crippen LogP contribution in [0.5, 0.6) is 0 Å². The fourth-order valence-electron chi connectivity index (χ4n) is 5.72. The van der Waals surface area contributed by atoms with Crippen molar-refractivity contribution in [3.8, 4) is 0 Å². The number of hydrogen-bond donors (Lipinski definition) is 4. The summed E-state index contributed by atoms with van der Waals surface area (Å²) in [6.45, 7) is 11.9. The minimum atomic E-state index is -0.845. The number of amides is 5. The van der Waals surface area contributed by atoms with Crippen LogP contribution in [-0.2, 0) is 19.2 Å². The second-order valence-corrected chi connectivity index (χ2v) is 13.2. The summed E-state index contributed by atoms with van der Waals surface area (Å²) >= 11 is 0. The minimum Gasteiger partial charge on any atom is -0.347 e. The number of likely N-dealkylation sites (tertiary alicyclic amines) is 1. The average molecular weight is 548 g/mol. The van der Waals surface area contributed by atoms with Crippen molar-refractivity contribution in [2.24, 2.45) is 17.3 Å². The highest BCUT2D eigenvalue weighted by molar-refractivity contribution is 6.37. The van der Waals surface area contributed by atoms with Gasteiger partial charge in [-0.05, 0) is 55.8 Å². The minimum absolute atomic E-state index is 0.0521. The highest BCUT2D eigenvalue weighted by atomic mass is 16.2. The second-order valence-electron chi connectivity index (χ2n) is 13.2. The van der Waals surface area contributed by atoms with Gasteiger partial charge in [0.15, 0.2) is 0 Å². The largest absolute Gasteiger partial charge is 0.347 e. The van der Waals surface area contributed by atoms with E-state index < -0.39 is 41.6 Å². The summed E-state index contributed by atoms with van der Waals surface area (Å²) in [7, 11) is 0. The highest BCUT2D eigenvalue weighted by Gasteiger charge is 2.46. The zero-order valence-corrected chi connectivity index (χ0v) is 24.7. The number of ketones is 1. The van der Waals surface area contributed by atoms with Crippen LogP contribution >= 0.6 is 0 Å². The molecule has 220 valence electrons. The number of nitrogens with zero attached hydrogens (tertiary/aromatic N) is 1. The number of nitrogens with one attached hydrogen (secondary N) is 4. The molecule has 10 nitrogen and oxygen atoms in total. The maximum Gasteiger partial charge on any atom is 0.315 e. The van der Waals surface area contributed by atoms with Crippen LogP contribution in [0.1, 0.15) is 99.3 Å². The van der Waals surface area contributed by atoms with Gasteiger partial charge in [0.2, 0.25) is 17.6 Å². The van der Waals surface area contributed by atoms with Crippen LogP contribution in [0.15, 0.2) is 0 Å². The molecule has 0 spiro atoms. The Morgan fingerprint density at radius 1 is 1.00 bits per heavy atom. The normalized spacial score (nSPS) is 23.6. The first-order chi connectivity index (χ1) is 18.3. The van der Waals surface area contributed by atoms with Gasteiger partial charge in [-0.15, -0.1) is 0 Å². The topological polar surface area (TPSA) is 137 Å². The molecule has 2 aliphatic carbocycles. The first-order valence-corrected chi connectivity index (χ1v) is 14.8. The van der Waals surface area contributed by atoms with Crippen molar-refractivity contribution in [3.63, 3.8) is 0 Å². The molecule has 1 heterocycles. The molecule has 1 saturated heterocycles. The van der Waals surface area contributed by atoms with Crippen LogP contribution in [0.3, 0.4) is 0 Å². The van der Waals surface area contributed by atoms with Crippen molar-refractivity contribution >= 4 is 29.5 Å². The van der Waals surface area contributed by atoms with Crippen LogP contribution in [0.4, 0.5) is 4.79 Å². The molecule has 3 rings (SSSR count). The fourth-order valence-corrected chi connectivity index (χ4v) is 5.72. The quantitative estimate of drug-likeness (QED) is 0.312. The van der Waals surface area contributed by atoms with Gasteiger partial charge in [-0.2, -0.15) is 0 Å². The van der Waals surface area contributed by atoms with Crippen molar-refractivity contribution < 1.29 is 24.0 Å². The van der Waals surface area contributed by atoms with Gasteiger partial charge in [0, 0.05) is 18.1 Å². The summed E-state index contributed by atoms with van der Waals surface area (Å²) in [5, 5.41) is 11.3. The fraction of sp³-hybridized carbons (Fsp3) is 0.828. The van der Waals surface area contributed by atoms with Gasteiger partial charge in [0.05, 0.1) is 6.54 Å². The van der Waals surface area contributed by atoms with E-state index in [1.807, 2.05) is 20.8 Å². The van der Waals surface area contributed by atoms with Gasteiger partial charge in [0.25, 0.3) is 5.91 Å². The first-order valence-electron chi connectivity index (χ1n) is 14.8. The Balaban J connectivity index is 1.71. The third-order valence-corrected chi connectivity index (χ3v) is 8.71. The number of hydrogen-bond acceptors (Lipinski definition) is 5. The maximum atomic E-state index is 14.0. The van der Waals surface area contributed by atoms with Crippen molar-refractivity contribution in [3.05, 3.63) is 0 Å². The van der Waals surface area contributed by atoms with Crippen molar-refractivity contribution in [2.75, 3.05) is 13.1 Å². The van der Waals surface area contributed by atoms with E-state index in [4.69, 9.17) is 0 Å². The molecule has 0 unspecified atom stereocenters. The SMILES string of the molecule is CCC1(NC(=O)N[C@H](C(=O)N2C[C@H](C(C)C)C[C@H]2C(=O)NCC(=O)C(=O)NC2CC2)C(C)(C)C)CCCCC1. The van der Waals surface area contributed by atoms with E-state index in [-0.39, 0.29) is 35.4 Å². The van der Waals surface area contributed by atoms with E-state index >= 15 is 0 Å². The standard InChI is InChI=1S/C29H49N5O5/c1-7-29(13-9-8-10-14-29)33-27(39)32-23(28(4,5)6)26(38)34-17-19(18(2)3)15-21(34)24(36)30-16-22(35)25(37)31-20-11-12-20/h18-21,23H,7-17H2,1-6H3,(H,30,36)(H,31,37)(H2,32,33,39)/t19-,21+,23-/m1/s1. The molecule has 5 amide bonds. The molecule has 0 aromatic heterocycles. The van der Waals surface area contributed by atoms with Crippen molar-refractivity contribution in [1.82, 2.24) is 26.2 Å². The molecule has 4 N–H and O–H groups in total. The van der Waals surface area contributed by atoms with Crippen molar-refractivity contribution in [1.29, 1.82) is 0 Å². The third kappa shape index (κ3) is 8.18. The predicted octanol–water partition coefficient (Wildman–Crippen LogP) is 2.65. The molecule has 0 bridgehead atoms. The first kappa shape index (κ1) is 30.9. The lowest BCUT2D eigenvalue weighted by Gasteiger charge is -2.39. The molecule has 10 heteroatoms. The third-order valence-electron chi connectivity index (χ3n) is 8.71. The molecule has 1 aliphatic heterocycles. The Hall–Kier alpha value is -2.65. The van der Waals surface area contributed by atoms with Crippen LogP contribution in [0.25, 0.3) is 0 Å². The molecule has 0 aromatic carbocycles. The van der Waals surface area contributed by atoms with E-state index in [0.717, 1.165) is 44.9 Å². The van der Waals surface area contributed by atoms with Gasteiger partial charge in [0.1, 0.15) is 12.1 Å². The summed E-state index contributed by atoms with van der Waals surface area (Å²) < 4.78 is 0. The maximum absolute atomic E-state index is 14.0. The zero-order valence-electron chi connectivity index (χ0n) is 24.7. The summed E-state index contributed by atoms with van der Waals surface area (Å²) in [6, 6.07) is -1.93. The van der Waals surface area contributed by atoms with Gasteiger partial charge in [-0.25, -0.2) is 4.79 Å². The number of carbonyl (C=O) groups excluding carboxylic acids is 5. The number of Topliss-reactive ketones (excluding diaryl/α,β-unsaturated/α-hetero) is 1. The number of urea groups is 1. The molecular weight excluding hydrogens is 498 g/mol. The van der Waals surface area contributed by atoms with Gasteiger partial charge < -0.3 is 26.2 Å². The Labute approximate surface area is 233 Å². The Morgan fingerprint density at radius 3 is 2.18 bits per heavy atom. The smallest absolute Gasteiger partial charge is 0.315 e. The Kier molecular flexibility index (Phi) is 10.0. The molecule has 39 heavy (non-hydrogen) atoms. The molecule has 0 aromatic rings. The Morgan fingerprint density at radius 2 is 1.64 bits per heavy atom. The van der Waals surface area contributed by atoms with E-state index in [1.54, 1.807) is 4.90 Å². The molecule has 3 aliphatic rings. The second kappa shape index (κ2) is 12.7. The number of carbonyl (C=O) groups is 5. The van der Waals surface area contributed by atoms with Crippen molar-refractivity contribution in [2.45, 2.75) is 123 Å². The number of rotatable bonds is 10. The molecule has 3 atom stereocenters. The van der Waals surface area contributed by atoms with E-state index in [2.05, 4.69) is 42.0 Å². The summed E-state index contributed by atoms with van der Waals surface area (Å²) in [4.78, 5) is 66.2. The van der Waals surface area contributed by atoms with Gasteiger partial charge in [-0.3, -0.25) is 19.2 Å². The summed E-state index contributed by atoms with van der Waals surface area (Å²) in [5.74, 6) is -1.83. The van der Waals surface area contributed by atoms with Gasteiger partial charge >= 0.3 is 6.03 Å². The zero-order chi connectivity index (χ0) is 29.0. The van der Waals surface area contributed by atoms with E-state index in [9.17, 15) is 24.0 Å². The predicted molar refractivity (Wildman–Crippen MR) is 149 cm³/mol. The summed E-state index contributed by atoms with van der Waals surface area (Å²) in [6.07, 6.45) is 8.17. The summed E-state index contributed by atoms with van der Waals surface area (Å²) in [5.41, 5.74) is -0.862. The van der Waals surface area contributed by atoms with Crippen LogP contribution in [0, 0.1) is 17.3 Å². The molecule has 3 fully saturated rings. The highest BCUT2D eigenvalue weighted by Crippen LogP contribution is 2.33. The lowest BCUT2D eigenvalue weighted by Crippen LogP contribution is -2.61. The van der Waals surface area contributed by atoms with Gasteiger partial charge in [-0.1, -0.05) is 60.8 Å². The molecule has 0 radical (unpaired) electrons. The lowest BCUT2D eigenvalue weighted by atomic mass is 9.80. The van der Waals surface area contributed by atoms with E-state index in [1.165, 1.54) is 6.42 Å². The van der Waals surface area contributed by atoms with Crippen LogP contribution in [-0.4, -0.2) is 71.2 Å². The molecular formula is C29H49N5O5. The Bertz CT molecular complexity index is 933. The average Bonchev–Trinajstić information content (AvgIpc) is 3.57. The van der Waals surface area contributed by atoms with E-state index in [0.29, 0.717) is 13.0 Å².